The number of hydrogen-bond donors (Lipinski definition) is 6. The minimum atomic E-state index is -1.83. The maximum Gasteiger partial charge on any atom is 3.00 e. The van der Waals surface area contributed by atoms with Gasteiger partial charge in [0.05, 0.1) is 74.8 Å². The quantitative estimate of drug-likeness (QED) is 0.0143. The van der Waals surface area contributed by atoms with E-state index in [1.54, 1.807) is 70.6 Å². The molecular weight excluding hydrogens is 1510 g/mol. The number of carbonyl (C=O) groups is 18. The van der Waals surface area contributed by atoms with Crippen molar-refractivity contribution in [1.29, 1.82) is 0 Å². The standard InChI is InChI=1S/6C9H15NO4S.2Ru/c6*1-2-15-4-3-6(10)7(11)5-8(12)9(13)14;;/h6*6H,2-5,10H2,1H3,(H,13,14);;/q;;;;;;2*+3/p-6/t6*6-;;/m000000../s1. The van der Waals surface area contributed by atoms with Gasteiger partial charge >= 0.3 is 39.0 Å². The van der Waals surface area contributed by atoms with Crippen LogP contribution in [0.25, 0.3) is 0 Å². The molecule has 0 saturated carbocycles. The molecule has 0 aliphatic heterocycles. The molecule has 0 amide bonds. The Bertz CT molecular complexity index is 1940. The summed E-state index contributed by atoms with van der Waals surface area (Å²) in [5, 5.41) is 60.4. The molecule has 2 radical (unpaired) electrons. The molecule has 0 spiro atoms. The topological polar surface area (TPSA) is 602 Å². The molecule has 0 aromatic rings. The predicted molar refractivity (Wildman–Crippen MR) is 331 cm³/mol. The first-order valence-electron chi connectivity index (χ1n) is 27.5. The molecule has 0 bridgehead atoms. The van der Waals surface area contributed by atoms with E-state index in [0.29, 0.717) is 38.5 Å². The summed E-state index contributed by atoms with van der Waals surface area (Å²) in [4.78, 5) is 191. The molecule has 0 aromatic carbocycles. The van der Waals surface area contributed by atoms with Gasteiger partial charge in [-0.15, -0.1) is 0 Å². The number of aliphatic carboxylic acids is 6. The Morgan fingerprint density at radius 1 is 0.239 bits per heavy atom. The van der Waals surface area contributed by atoms with Crippen LogP contribution in [-0.4, -0.2) is 211 Å². The fourth-order valence-corrected chi connectivity index (χ4v) is 9.52. The Balaban J connectivity index is -0.000000153. The third kappa shape index (κ3) is 64.7. The van der Waals surface area contributed by atoms with Crippen molar-refractivity contribution in [2.45, 2.75) is 155 Å². The number of carboxylic acids is 6. The molecule has 0 saturated heterocycles. The zero-order valence-corrected chi connectivity index (χ0v) is 60.2. The summed E-state index contributed by atoms with van der Waals surface area (Å²) in [6.45, 7) is 11.9. The van der Waals surface area contributed by atoms with E-state index in [1.165, 1.54) is 0 Å². The van der Waals surface area contributed by atoms with Gasteiger partial charge in [0.15, 0.2) is 69.4 Å². The Labute approximate surface area is 585 Å². The molecule has 0 heterocycles. The number of nitrogens with two attached hydrogens (primary N) is 6. The van der Waals surface area contributed by atoms with E-state index < -0.39 is 180 Å². The second-order valence-corrected chi connectivity index (χ2v) is 26.0. The molecule has 12 N–H and O–H groups in total. The van der Waals surface area contributed by atoms with Crippen LogP contribution in [0.5, 0.6) is 0 Å². The smallest absolute Gasteiger partial charge is 0.542 e. The van der Waals surface area contributed by atoms with Crippen LogP contribution in [0, 0.1) is 0 Å². The monoisotopic (exact) mass is 1600 g/mol. The number of ketones is 12. The minimum Gasteiger partial charge on any atom is -0.542 e. The first kappa shape index (κ1) is 104. The zero-order valence-electron chi connectivity index (χ0n) is 51.9. The maximum absolute atomic E-state index is 11.2. The second-order valence-electron chi connectivity index (χ2n) is 17.7. The van der Waals surface area contributed by atoms with Crippen molar-refractivity contribution in [3.8, 4) is 0 Å². The van der Waals surface area contributed by atoms with E-state index in [9.17, 15) is 117 Å². The van der Waals surface area contributed by atoms with E-state index in [4.69, 9.17) is 34.4 Å². The van der Waals surface area contributed by atoms with E-state index in [2.05, 4.69) is 0 Å². The summed E-state index contributed by atoms with van der Waals surface area (Å²) < 4.78 is 0. The van der Waals surface area contributed by atoms with Gasteiger partial charge in [0.25, 0.3) is 0 Å². The molecule has 0 unspecified atom stereocenters. The van der Waals surface area contributed by atoms with Crippen molar-refractivity contribution < 1.29 is 156 Å². The number of carbonyl (C=O) groups excluding carboxylic acids is 18. The van der Waals surface area contributed by atoms with Gasteiger partial charge in [-0.1, -0.05) is 41.5 Å². The summed E-state index contributed by atoms with van der Waals surface area (Å²) in [5.74, 6) is -11.6. The van der Waals surface area contributed by atoms with Gasteiger partial charge in [-0.05, 0) is 108 Å². The van der Waals surface area contributed by atoms with Crippen LogP contribution in [0.2, 0.25) is 0 Å². The number of hydrogen-bond acceptors (Lipinski definition) is 36. The molecule has 30 nitrogen and oxygen atoms in total. The molecule has 6 atom stereocenters. The Morgan fingerprint density at radius 3 is 0.413 bits per heavy atom. The van der Waals surface area contributed by atoms with E-state index in [-0.39, 0.29) is 39.0 Å². The van der Waals surface area contributed by atoms with Crippen LogP contribution >= 0.6 is 70.6 Å². The third-order valence-corrected chi connectivity index (χ3v) is 16.1. The second kappa shape index (κ2) is 67.0. The Hall–Kier alpha value is -4.03. The van der Waals surface area contributed by atoms with Crippen LogP contribution in [-0.2, 0) is 125 Å². The van der Waals surface area contributed by atoms with Gasteiger partial charge in [0.2, 0.25) is 0 Å². The van der Waals surface area contributed by atoms with E-state index >= 15 is 0 Å². The molecule has 526 valence electrons. The summed E-state index contributed by atoms with van der Waals surface area (Å²) in [7, 11) is 0. The van der Waals surface area contributed by atoms with Crippen LogP contribution in [0.15, 0.2) is 0 Å². The molecule has 0 aromatic heterocycles. The summed E-state index contributed by atoms with van der Waals surface area (Å²) in [5.41, 5.74) is 32.9. The fourth-order valence-electron chi connectivity index (χ4n) is 5.26. The maximum atomic E-state index is 11.2. The van der Waals surface area contributed by atoms with E-state index in [0.717, 1.165) is 69.0 Å². The summed E-state index contributed by atoms with van der Waals surface area (Å²) in [6.07, 6.45) is -1.26. The van der Waals surface area contributed by atoms with Gasteiger partial charge in [-0.3, -0.25) is 57.5 Å². The predicted octanol–water partition coefficient (Wildman–Crippen LogP) is -7.59. The average molecular weight is 1600 g/mol. The van der Waals surface area contributed by atoms with Crippen molar-refractivity contribution in [2.24, 2.45) is 34.4 Å². The molecular formula is C54H84N6O24Ru2S6. The molecule has 0 aliphatic rings. The van der Waals surface area contributed by atoms with Crippen molar-refractivity contribution in [3.05, 3.63) is 0 Å². The van der Waals surface area contributed by atoms with Gasteiger partial charge in [-0.2, -0.15) is 70.6 Å². The van der Waals surface area contributed by atoms with Gasteiger partial charge in [0, 0.05) is 0 Å². The van der Waals surface area contributed by atoms with Crippen molar-refractivity contribution in [2.75, 3.05) is 69.0 Å². The van der Waals surface area contributed by atoms with Crippen molar-refractivity contribution in [3.63, 3.8) is 0 Å². The first-order valence-corrected chi connectivity index (χ1v) is 34.5. The number of Topliss-reactive ketones (excluding diaryl/α,β-unsaturated/α-hetero) is 12. The normalized spacial score (nSPS) is 11.9. The summed E-state index contributed by atoms with van der Waals surface area (Å²) >= 11 is 9.80. The number of rotatable bonds is 48. The number of carboxylic acid groups (broad SMARTS) is 6. The minimum absolute atomic E-state index is 0. The van der Waals surface area contributed by atoms with Gasteiger partial charge in [0.1, 0.15) is 35.8 Å². The largest absolute Gasteiger partial charge is 3.00 e. The molecule has 0 aliphatic carbocycles. The fraction of sp³-hybridized carbons (Fsp3) is 0.667. The Morgan fingerprint density at radius 2 is 0.337 bits per heavy atom. The van der Waals surface area contributed by atoms with Crippen molar-refractivity contribution in [1.82, 2.24) is 0 Å². The third-order valence-electron chi connectivity index (χ3n) is 10.5. The molecule has 0 fully saturated rings. The van der Waals surface area contributed by atoms with Gasteiger partial charge < -0.3 is 93.8 Å². The van der Waals surface area contributed by atoms with Gasteiger partial charge in [-0.25, -0.2) is 0 Å². The Kier molecular flexibility index (Phi) is 75.7. The molecule has 92 heavy (non-hydrogen) atoms. The zero-order chi connectivity index (χ0) is 71.1. The average Bonchev–Trinajstić information content (AvgIpc) is 3.68. The molecule has 0 rings (SSSR count). The first-order chi connectivity index (χ1) is 41.9. The number of thioether (sulfide) groups is 6. The SMILES string of the molecule is CCSCC[C@H](N)C(=O)CC(=O)C(=O)[O-].CCSCC[C@H](N)C(=O)CC(=O)C(=O)[O-].CCSCC[C@H](N)C(=O)CC(=O)C(=O)[O-].CCSCC[C@H](N)C(=O)CC(=O)C(=O)[O-].CCSCC[C@H](N)C(=O)CC(=O)C(=O)[O-].CCSCC[C@H](N)C(=O)CC(=O)C(=O)[O-].[Ru+3].[Ru+3]. The van der Waals surface area contributed by atoms with Crippen LogP contribution in [0.1, 0.15) is 119 Å². The van der Waals surface area contributed by atoms with Crippen LogP contribution in [0.3, 0.4) is 0 Å². The summed E-state index contributed by atoms with van der Waals surface area (Å²) in [6, 6.07) is -4.54. The molecule has 38 heteroatoms. The van der Waals surface area contributed by atoms with Crippen LogP contribution < -0.4 is 65.0 Å². The van der Waals surface area contributed by atoms with Crippen LogP contribution in [0.4, 0.5) is 0 Å². The van der Waals surface area contributed by atoms with E-state index in [1.807, 2.05) is 41.5 Å². The van der Waals surface area contributed by atoms with Crippen molar-refractivity contribution >= 4 is 176 Å².